The molecule has 3 heteroatoms. The van der Waals surface area contributed by atoms with E-state index in [4.69, 9.17) is 0 Å². The highest BCUT2D eigenvalue weighted by atomic mass is 16.1. The zero-order valence-corrected chi connectivity index (χ0v) is 9.03. The lowest BCUT2D eigenvalue weighted by Gasteiger charge is -2.01. The van der Waals surface area contributed by atoms with Gasteiger partial charge in [0, 0.05) is 18.9 Å². The predicted molar refractivity (Wildman–Crippen MR) is 59.8 cm³/mol. The summed E-state index contributed by atoms with van der Waals surface area (Å²) in [7, 11) is 1.94. The average molecular weight is 202 g/mol. The number of hydrogen-bond donors (Lipinski definition) is 0. The molecule has 0 amide bonds. The van der Waals surface area contributed by atoms with E-state index >= 15 is 0 Å². The number of carbonyl (C=O) groups excluding carboxylic acids is 1. The Morgan fingerprint density at radius 2 is 2.27 bits per heavy atom. The van der Waals surface area contributed by atoms with E-state index in [-0.39, 0.29) is 0 Å². The van der Waals surface area contributed by atoms with Crippen molar-refractivity contribution < 1.29 is 4.79 Å². The zero-order valence-electron chi connectivity index (χ0n) is 9.03. The molecule has 0 N–H and O–H groups in total. The van der Waals surface area contributed by atoms with E-state index in [2.05, 4.69) is 17.2 Å². The van der Waals surface area contributed by atoms with Gasteiger partial charge in [0.15, 0.2) is 0 Å². The molecule has 2 rings (SSSR count). The van der Waals surface area contributed by atoms with Crippen molar-refractivity contribution >= 4 is 17.2 Å². The SMILES string of the molecule is Cc1nn(C)c2cccc(CCC=O)c12. The molecule has 0 saturated heterocycles. The van der Waals surface area contributed by atoms with Crippen molar-refractivity contribution in [3.63, 3.8) is 0 Å². The maximum Gasteiger partial charge on any atom is 0.120 e. The first-order chi connectivity index (χ1) is 7.24. The molecule has 15 heavy (non-hydrogen) atoms. The highest BCUT2D eigenvalue weighted by Crippen LogP contribution is 2.22. The van der Waals surface area contributed by atoms with E-state index in [1.807, 2.05) is 24.7 Å². The molecule has 0 spiro atoms. The minimum Gasteiger partial charge on any atom is -0.303 e. The first kappa shape index (κ1) is 9.90. The van der Waals surface area contributed by atoms with E-state index in [1.165, 1.54) is 10.9 Å². The standard InChI is InChI=1S/C12H14N2O/c1-9-12-10(6-4-8-15)5-3-7-11(12)14(2)13-9/h3,5,7-8H,4,6H2,1-2H3. The van der Waals surface area contributed by atoms with Gasteiger partial charge >= 0.3 is 0 Å². The highest BCUT2D eigenvalue weighted by Gasteiger charge is 2.08. The Labute approximate surface area is 88.7 Å². The number of aryl methyl sites for hydroxylation is 3. The lowest BCUT2D eigenvalue weighted by molar-refractivity contribution is -0.107. The third-order valence-corrected chi connectivity index (χ3v) is 2.67. The maximum atomic E-state index is 10.4. The molecule has 0 bridgehead atoms. The Balaban J connectivity index is 2.58. The number of fused-ring (bicyclic) bond motifs is 1. The van der Waals surface area contributed by atoms with E-state index in [9.17, 15) is 4.79 Å². The van der Waals surface area contributed by atoms with Crippen molar-refractivity contribution in [1.82, 2.24) is 9.78 Å². The maximum absolute atomic E-state index is 10.4. The van der Waals surface area contributed by atoms with Crippen LogP contribution in [0.25, 0.3) is 10.9 Å². The first-order valence-corrected chi connectivity index (χ1v) is 5.09. The number of rotatable bonds is 3. The number of carbonyl (C=O) groups is 1. The molecule has 0 saturated carbocycles. The van der Waals surface area contributed by atoms with Gasteiger partial charge < -0.3 is 4.79 Å². The van der Waals surface area contributed by atoms with Crippen LogP contribution in [0.3, 0.4) is 0 Å². The highest BCUT2D eigenvalue weighted by molar-refractivity contribution is 5.85. The molecule has 1 aromatic heterocycles. The first-order valence-electron chi connectivity index (χ1n) is 5.09. The molecule has 2 aromatic rings. The summed E-state index contributed by atoms with van der Waals surface area (Å²) in [6.45, 7) is 2.01. The van der Waals surface area contributed by atoms with Gasteiger partial charge in [-0.2, -0.15) is 5.10 Å². The number of nitrogens with zero attached hydrogens (tertiary/aromatic N) is 2. The quantitative estimate of drug-likeness (QED) is 0.714. The molecule has 3 nitrogen and oxygen atoms in total. The molecule has 0 fully saturated rings. The Morgan fingerprint density at radius 1 is 1.47 bits per heavy atom. The van der Waals surface area contributed by atoms with Crippen molar-refractivity contribution in [2.24, 2.45) is 7.05 Å². The summed E-state index contributed by atoms with van der Waals surface area (Å²) >= 11 is 0. The largest absolute Gasteiger partial charge is 0.303 e. The van der Waals surface area contributed by atoms with Crippen molar-refractivity contribution in [2.45, 2.75) is 19.8 Å². The molecule has 0 aliphatic heterocycles. The molecule has 0 unspecified atom stereocenters. The van der Waals surface area contributed by atoms with Crippen molar-refractivity contribution in [2.75, 3.05) is 0 Å². The molecule has 78 valence electrons. The monoisotopic (exact) mass is 202 g/mol. The smallest absolute Gasteiger partial charge is 0.120 e. The van der Waals surface area contributed by atoms with Gasteiger partial charge in [0.2, 0.25) is 0 Å². The summed E-state index contributed by atoms with van der Waals surface area (Å²) in [5, 5.41) is 5.58. The summed E-state index contributed by atoms with van der Waals surface area (Å²) in [4.78, 5) is 10.4. The van der Waals surface area contributed by atoms with Crippen LogP contribution in [-0.4, -0.2) is 16.1 Å². The van der Waals surface area contributed by atoms with Crippen LogP contribution in [0.5, 0.6) is 0 Å². The average Bonchev–Trinajstić information content (AvgIpc) is 2.53. The summed E-state index contributed by atoms with van der Waals surface area (Å²) in [6, 6.07) is 6.14. The Hall–Kier alpha value is -1.64. The lowest BCUT2D eigenvalue weighted by Crippen LogP contribution is -1.90. The van der Waals surface area contributed by atoms with Crippen LogP contribution >= 0.6 is 0 Å². The second kappa shape index (κ2) is 3.85. The van der Waals surface area contributed by atoms with Crippen LogP contribution in [0.1, 0.15) is 17.7 Å². The van der Waals surface area contributed by atoms with E-state index in [1.54, 1.807) is 0 Å². The van der Waals surface area contributed by atoms with Crippen molar-refractivity contribution in [1.29, 1.82) is 0 Å². The molecule has 0 radical (unpaired) electrons. The van der Waals surface area contributed by atoms with Gasteiger partial charge in [-0.1, -0.05) is 12.1 Å². The minimum absolute atomic E-state index is 0.577. The summed E-state index contributed by atoms with van der Waals surface area (Å²) in [5.41, 5.74) is 3.38. The van der Waals surface area contributed by atoms with Gasteiger partial charge in [-0.25, -0.2) is 0 Å². The van der Waals surface area contributed by atoms with E-state index in [0.717, 1.165) is 23.9 Å². The molecular formula is C12H14N2O. The van der Waals surface area contributed by atoms with Gasteiger partial charge in [-0.15, -0.1) is 0 Å². The molecule has 0 aliphatic carbocycles. The van der Waals surface area contributed by atoms with Crippen molar-refractivity contribution in [3.8, 4) is 0 Å². The number of benzene rings is 1. The van der Waals surface area contributed by atoms with Gasteiger partial charge in [-0.3, -0.25) is 4.68 Å². The van der Waals surface area contributed by atoms with Gasteiger partial charge in [0.05, 0.1) is 11.2 Å². The normalized spacial score (nSPS) is 10.8. The van der Waals surface area contributed by atoms with Crippen LogP contribution in [0.2, 0.25) is 0 Å². The number of aldehydes is 1. The van der Waals surface area contributed by atoms with Crippen LogP contribution in [0.4, 0.5) is 0 Å². The van der Waals surface area contributed by atoms with Crippen LogP contribution < -0.4 is 0 Å². The second-order valence-electron chi connectivity index (χ2n) is 3.73. The van der Waals surface area contributed by atoms with Crippen LogP contribution in [0, 0.1) is 6.92 Å². The third-order valence-electron chi connectivity index (χ3n) is 2.67. The van der Waals surface area contributed by atoms with Crippen molar-refractivity contribution in [3.05, 3.63) is 29.5 Å². The third kappa shape index (κ3) is 1.65. The number of hydrogen-bond acceptors (Lipinski definition) is 2. The summed E-state index contributed by atoms with van der Waals surface area (Å²) in [6.07, 6.45) is 2.34. The summed E-state index contributed by atoms with van der Waals surface area (Å²) in [5.74, 6) is 0. The van der Waals surface area contributed by atoms with Gasteiger partial charge in [0.25, 0.3) is 0 Å². The topological polar surface area (TPSA) is 34.9 Å². The Bertz CT molecular complexity index is 500. The fourth-order valence-corrected chi connectivity index (χ4v) is 2.03. The summed E-state index contributed by atoms with van der Waals surface area (Å²) < 4.78 is 1.88. The van der Waals surface area contributed by atoms with Gasteiger partial charge in [0.1, 0.15) is 6.29 Å². The second-order valence-corrected chi connectivity index (χ2v) is 3.73. The molecule has 0 aliphatic rings. The molecular weight excluding hydrogens is 188 g/mol. The Kier molecular flexibility index (Phi) is 2.54. The fraction of sp³-hybridized carbons (Fsp3) is 0.333. The minimum atomic E-state index is 0.577. The fourth-order valence-electron chi connectivity index (χ4n) is 2.03. The van der Waals surface area contributed by atoms with E-state index < -0.39 is 0 Å². The zero-order chi connectivity index (χ0) is 10.8. The van der Waals surface area contributed by atoms with Gasteiger partial charge in [-0.05, 0) is 25.0 Å². The van der Waals surface area contributed by atoms with Crippen LogP contribution in [0.15, 0.2) is 18.2 Å². The molecule has 0 atom stereocenters. The Morgan fingerprint density at radius 3 is 3.00 bits per heavy atom. The molecule has 1 aromatic carbocycles. The lowest BCUT2D eigenvalue weighted by atomic mass is 10.0. The van der Waals surface area contributed by atoms with Crippen LogP contribution in [-0.2, 0) is 18.3 Å². The predicted octanol–water partition coefficient (Wildman–Crippen LogP) is 2.01. The van der Waals surface area contributed by atoms with E-state index in [0.29, 0.717) is 6.42 Å². The number of aromatic nitrogens is 2. The molecule has 1 heterocycles.